The quantitative estimate of drug-likeness (QED) is 0.433. The molecule has 2 aromatic heterocycles. The van der Waals surface area contributed by atoms with Crippen molar-refractivity contribution in [3.63, 3.8) is 0 Å². The molecule has 1 unspecified atom stereocenters. The van der Waals surface area contributed by atoms with Crippen LogP contribution in [0.25, 0.3) is 22.6 Å². The molecule has 2 aromatic carbocycles. The standard InChI is InChI=1S/C26H24N4O2/c1-2-32-26(31)21(20-14-9-15-28-17-20)16-22-23(18-10-5-3-6-11-18)29-25(30-24(22)27)19-12-7-4-8-13-19/h3-15,17,21H,2,16H2,1H3,(H2,27,29,30). The number of hydrogen-bond donors (Lipinski definition) is 1. The maximum Gasteiger partial charge on any atom is 0.313 e. The average Bonchev–Trinajstić information content (AvgIpc) is 2.84. The van der Waals surface area contributed by atoms with Gasteiger partial charge in [0.25, 0.3) is 0 Å². The molecule has 0 fully saturated rings. The van der Waals surface area contributed by atoms with Crippen LogP contribution in [0, 0.1) is 0 Å². The predicted molar refractivity (Wildman–Crippen MR) is 125 cm³/mol. The minimum Gasteiger partial charge on any atom is -0.466 e. The maximum atomic E-state index is 12.9. The molecule has 160 valence electrons. The van der Waals surface area contributed by atoms with Crippen LogP contribution < -0.4 is 5.73 Å². The van der Waals surface area contributed by atoms with Gasteiger partial charge in [0.2, 0.25) is 0 Å². The van der Waals surface area contributed by atoms with Crippen LogP contribution in [0.4, 0.5) is 5.82 Å². The first kappa shape index (κ1) is 21.2. The number of pyridine rings is 1. The summed E-state index contributed by atoms with van der Waals surface area (Å²) in [5.41, 5.74) is 10.4. The number of rotatable bonds is 7. The van der Waals surface area contributed by atoms with E-state index in [1.807, 2.05) is 66.7 Å². The molecule has 6 heteroatoms. The number of anilines is 1. The number of esters is 1. The number of nitrogens with two attached hydrogens (primary N) is 1. The average molecular weight is 425 g/mol. The molecule has 0 aliphatic rings. The van der Waals surface area contributed by atoms with E-state index >= 15 is 0 Å². The zero-order valence-electron chi connectivity index (χ0n) is 17.8. The summed E-state index contributed by atoms with van der Waals surface area (Å²) in [5, 5.41) is 0. The van der Waals surface area contributed by atoms with E-state index in [-0.39, 0.29) is 5.97 Å². The molecule has 1 atom stereocenters. The van der Waals surface area contributed by atoms with E-state index in [1.54, 1.807) is 25.4 Å². The van der Waals surface area contributed by atoms with E-state index in [0.29, 0.717) is 35.9 Å². The lowest BCUT2D eigenvalue weighted by molar-refractivity contribution is -0.144. The van der Waals surface area contributed by atoms with E-state index < -0.39 is 5.92 Å². The summed E-state index contributed by atoms with van der Waals surface area (Å²) >= 11 is 0. The lowest BCUT2D eigenvalue weighted by Gasteiger charge is -2.19. The Morgan fingerprint density at radius 3 is 2.25 bits per heavy atom. The Morgan fingerprint density at radius 2 is 1.62 bits per heavy atom. The van der Waals surface area contributed by atoms with Crippen LogP contribution in [0.1, 0.15) is 24.0 Å². The van der Waals surface area contributed by atoms with Gasteiger partial charge < -0.3 is 10.5 Å². The van der Waals surface area contributed by atoms with Crippen molar-refractivity contribution in [3.05, 3.63) is 96.3 Å². The Hall–Kier alpha value is -4.06. The van der Waals surface area contributed by atoms with Crippen LogP contribution in [0.2, 0.25) is 0 Å². The van der Waals surface area contributed by atoms with Gasteiger partial charge in [-0.1, -0.05) is 66.7 Å². The fourth-order valence-corrected chi connectivity index (χ4v) is 3.62. The molecule has 0 aliphatic carbocycles. The van der Waals surface area contributed by atoms with Crippen LogP contribution in [-0.4, -0.2) is 27.5 Å². The number of nitrogens with zero attached hydrogens (tertiary/aromatic N) is 3. The third kappa shape index (κ3) is 4.64. The minimum atomic E-state index is -0.570. The van der Waals surface area contributed by atoms with Gasteiger partial charge in [-0.05, 0) is 25.0 Å². The van der Waals surface area contributed by atoms with Gasteiger partial charge >= 0.3 is 5.97 Å². The van der Waals surface area contributed by atoms with Crippen LogP contribution in [0.3, 0.4) is 0 Å². The van der Waals surface area contributed by atoms with Crippen molar-refractivity contribution in [1.82, 2.24) is 15.0 Å². The number of hydrogen-bond acceptors (Lipinski definition) is 6. The molecule has 2 N–H and O–H groups in total. The summed E-state index contributed by atoms with van der Waals surface area (Å²) in [6, 6.07) is 23.2. The number of benzene rings is 2. The molecule has 0 aliphatic heterocycles. The first-order valence-corrected chi connectivity index (χ1v) is 10.5. The van der Waals surface area contributed by atoms with Gasteiger partial charge in [0.15, 0.2) is 5.82 Å². The van der Waals surface area contributed by atoms with E-state index in [0.717, 1.165) is 16.7 Å². The molecule has 6 nitrogen and oxygen atoms in total. The highest BCUT2D eigenvalue weighted by atomic mass is 16.5. The van der Waals surface area contributed by atoms with Crippen molar-refractivity contribution in [2.45, 2.75) is 19.3 Å². The van der Waals surface area contributed by atoms with Gasteiger partial charge in [-0.25, -0.2) is 9.97 Å². The molecule has 0 saturated heterocycles. The first-order valence-electron chi connectivity index (χ1n) is 10.5. The van der Waals surface area contributed by atoms with Gasteiger partial charge in [0.1, 0.15) is 5.82 Å². The highest BCUT2D eigenvalue weighted by Crippen LogP contribution is 2.33. The van der Waals surface area contributed by atoms with Crippen molar-refractivity contribution in [2.24, 2.45) is 0 Å². The Labute approximate surface area is 187 Å². The Balaban J connectivity index is 1.84. The normalized spacial score (nSPS) is 11.7. The number of carbonyl (C=O) groups is 1. The predicted octanol–water partition coefficient (Wildman–Crippen LogP) is 4.68. The summed E-state index contributed by atoms with van der Waals surface area (Å²) in [6.07, 6.45) is 3.65. The molecule has 32 heavy (non-hydrogen) atoms. The Bertz CT molecular complexity index is 1180. The second-order valence-corrected chi connectivity index (χ2v) is 7.29. The number of ether oxygens (including phenoxy) is 1. The Kier molecular flexibility index (Phi) is 6.51. The zero-order chi connectivity index (χ0) is 22.3. The topological polar surface area (TPSA) is 91.0 Å². The number of aromatic nitrogens is 3. The molecule has 0 saturated carbocycles. The van der Waals surface area contributed by atoms with Crippen LogP contribution in [-0.2, 0) is 16.0 Å². The van der Waals surface area contributed by atoms with Gasteiger partial charge in [-0.3, -0.25) is 9.78 Å². The fraction of sp³-hybridized carbons (Fsp3) is 0.154. The van der Waals surface area contributed by atoms with E-state index in [4.69, 9.17) is 15.5 Å². The third-order valence-corrected chi connectivity index (χ3v) is 5.18. The van der Waals surface area contributed by atoms with Gasteiger partial charge in [0, 0.05) is 29.1 Å². The van der Waals surface area contributed by atoms with E-state index in [9.17, 15) is 4.79 Å². The fourth-order valence-electron chi connectivity index (χ4n) is 3.62. The van der Waals surface area contributed by atoms with Crippen molar-refractivity contribution in [1.29, 1.82) is 0 Å². The molecule has 0 spiro atoms. The van der Waals surface area contributed by atoms with Crippen LogP contribution in [0.15, 0.2) is 85.2 Å². The Morgan fingerprint density at radius 1 is 0.938 bits per heavy atom. The highest BCUT2D eigenvalue weighted by Gasteiger charge is 2.27. The van der Waals surface area contributed by atoms with Gasteiger partial charge in [-0.15, -0.1) is 0 Å². The zero-order valence-corrected chi connectivity index (χ0v) is 17.8. The van der Waals surface area contributed by atoms with Gasteiger partial charge in [-0.2, -0.15) is 0 Å². The summed E-state index contributed by atoms with van der Waals surface area (Å²) < 4.78 is 5.36. The van der Waals surface area contributed by atoms with Crippen LogP contribution in [0.5, 0.6) is 0 Å². The summed E-state index contributed by atoms with van der Waals surface area (Å²) in [4.78, 5) is 26.5. The number of carbonyl (C=O) groups excluding carboxylic acids is 1. The third-order valence-electron chi connectivity index (χ3n) is 5.18. The summed E-state index contributed by atoms with van der Waals surface area (Å²) in [7, 11) is 0. The maximum absolute atomic E-state index is 12.9. The lowest BCUT2D eigenvalue weighted by Crippen LogP contribution is -2.20. The molecule has 4 rings (SSSR count). The smallest absolute Gasteiger partial charge is 0.313 e. The monoisotopic (exact) mass is 424 g/mol. The van der Waals surface area contributed by atoms with Crippen molar-refractivity contribution in [2.75, 3.05) is 12.3 Å². The van der Waals surface area contributed by atoms with Crippen molar-refractivity contribution in [3.8, 4) is 22.6 Å². The highest BCUT2D eigenvalue weighted by molar-refractivity contribution is 5.80. The molecular weight excluding hydrogens is 400 g/mol. The van der Waals surface area contributed by atoms with Crippen molar-refractivity contribution < 1.29 is 9.53 Å². The molecule has 0 bridgehead atoms. The second-order valence-electron chi connectivity index (χ2n) is 7.29. The summed E-state index contributed by atoms with van der Waals surface area (Å²) in [6.45, 7) is 2.08. The van der Waals surface area contributed by atoms with Crippen molar-refractivity contribution >= 4 is 11.8 Å². The molecule has 2 heterocycles. The molecule has 4 aromatic rings. The molecular formula is C26H24N4O2. The second kappa shape index (κ2) is 9.83. The van der Waals surface area contributed by atoms with Gasteiger partial charge in [0.05, 0.1) is 18.2 Å². The molecule has 0 radical (unpaired) electrons. The largest absolute Gasteiger partial charge is 0.466 e. The van der Waals surface area contributed by atoms with E-state index in [1.165, 1.54) is 0 Å². The SMILES string of the molecule is CCOC(=O)C(Cc1c(N)nc(-c2ccccc2)nc1-c1ccccc1)c1cccnc1. The minimum absolute atomic E-state index is 0.292. The van der Waals surface area contributed by atoms with E-state index in [2.05, 4.69) is 9.97 Å². The number of nitrogen functional groups attached to an aromatic ring is 1. The van der Waals surface area contributed by atoms with Crippen LogP contribution >= 0.6 is 0 Å². The lowest BCUT2D eigenvalue weighted by atomic mass is 9.91. The first-order chi connectivity index (χ1) is 15.7. The summed E-state index contributed by atoms with van der Waals surface area (Å²) in [5.74, 6) is -0.0127. The molecule has 0 amide bonds.